The van der Waals surface area contributed by atoms with Gasteiger partial charge in [-0.2, -0.15) is 4.98 Å². The second kappa shape index (κ2) is 10.8. The normalized spacial score (nSPS) is 24.2. The predicted octanol–water partition coefficient (Wildman–Crippen LogP) is 3.17. The number of nitrogens with two attached hydrogens (primary N) is 1. The Morgan fingerprint density at radius 2 is 1.71 bits per heavy atom. The number of alkyl halides is 2. The highest BCUT2D eigenvalue weighted by atomic mass is 35.5. The van der Waals surface area contributed by atoms with Gasteiger partial charge in [-0.1, -0.05) is 72.3 Å². The van der Waals surface area contributed by atoms with Gasteiger partial charge in [0, 0.05) is 6.20 Å². The number of halogens is 3. The Morgan fingerprint density at radius 3 is 2.31 bits per heavy atom. The summed E-state index contributed by atoms with van der Waals surface area (Å²) in [6, 6.07) is 17.8. The van der Waals surface area contributed by atoms with Crippen LogP contribution in [0.25, 0.3) is 0 Å². The van der Waals surface area contributed by atoms with Crippen molar-refractivity contribution in [2.24, 2.45) is 0 Å². The molecule has 0 saturated carbocycles. The molecule has 35 heavy (non-hydrogen) atoms. The van der Waals surface area contributed by atoms with Crippen LogP contribution in [0.5, 0.6) is 0 Å². The van der Waals surface area contributed by atoms with Gasteiger partial charge in [0.05, 0.1) is 24.8 Å². The summed E-state index contributed by atoms with van der Waals surface area (Å²) in [6.45, 7) is -0.668. The van der Waals surface area contributed by atoms with E-state index in [0.717, 1.165) is 16.3 Å². The van der Waals surface area contributed by atoms with E-state index < -0.39 is 42.8 Å². The minimum absolute atomic E-state index is 0.0278. The molecule has 4 rings (SSSR count). The lowest BCUT2D eigenvalue weighted by atomic mass is 9.96. The van der Waals surface area contributed by atoms with E-state index in [-0.39, 0.29) is 24.1 Å². The SMILES string of the molecule is Nc1nc(=O)n([C@@H]2O[C@@](COCc3ccccc3)(C(F)F)[C@@H](OCc3ccccc3)[C@H]2O)cc1Cl. The number of aliphatic hydroxyl groups is 1. The second-order valence-electron chi connectivity index (χ2n) is 8.11. The molecule has 1 saturated heterocycles. The van der Waals surface area contributed by atoms with E-state index in [0.29, 0.717) is 5.56 Å². The number of benzene rings is 2. The van der Waals surface area contributed by atoms with Gasteiger partial charge < -0.3 is 25.1 Å². The van der Waals surface area contributed by atoms with Crippen LogP contribution in [0.3, 0.4) is 0 Å². The van der Waals surface area contributed by atoms with Gasteiger partial charge in [0.1, 0.15) is 18.0 Å². The summed E-state index contributed by atoms with van der Waals surface area (Å²) >= 11 is 5.99. The topological polar surface area (TPSA) is 109 Å². The molecule has 0 spiro atoms. The second-order valence-corrected chi connectivity index (χ2v) is 8.52. The van der Waals surface area contributed by atoms with Crippen molar-refractivity contribution in [3.8, 4) is 0 Å². The maximum absolute atomic E-state index is 14.7. The zero-order chi connectivity index (χ0) is 25.0. The van der Waals surface area contributed by atoms with Gasteiger partial charge in [0.25, 0.3) is 6.43 Å². The van der Waals surface area contributed by atoms with Gasteiger partial charge >= 0.3 is 5.69 Å². The minimum Gasteiger partial charge on any atom is -0.386 e. The quantitative estimate of drug-likeness (QED) is 0.458. The predicted molar refractivity (Wildman–Crippen MR) is 124 cm³/mol. The van der Waals surface area contributed by atoms with Crippen LogP contribution in [0.1, 0.15) is 17.4 Å². The van der Waals surface area contributed by atoms with E-state index in [1.807, 2.05) is 6.07 Å². The number of nitrogen functional groups attached to an aromatic ring is 1. The summed E-state index contributed by atoms with van der Waals surface area (Å²) in [4.78, 5) is 16.0. The highest BCUT2D eigenvalue weighted by molar-refractivity contribution is 6.32. The molecule has 1 aliphatic heterocycles. The fourth-order valence-corrected chi connectivity index (χ4v) is 4.07. The molecule has 8 nitrogen and oxygen atoms in total. The van der Waals surface area contributed by atoms with Crippen LogP contribution in [0.2, 0.25) is 5.02 Å². The zero-order valence-corrected chi connectivity index (χ0v) is 19.2. The summed E-state index contributed by atoms with van der Waals surface area (Å²) < 4.78 is 47.2. The van der Waals surface area contributed by atoms with Crippen LogP contribution in [-0.2, 0) is 27.4 Å². The number of hydrogen-bond acceptors (Lipinski definition) is 7. The fraction of sp³-hybridized carbons (Fsp3) is 0.333. The molecule has 4 atom stereocenters. The molecule has 3 N–H and O–H groups in total. The first kappa shape index (κ1) is 25.2. The number of rotatable bonds is 9. The van der Waals surface area contributed by atoms with Gasteiger partial charge in [-0.3, -0.25) is 4.57 Å². The van der Waals surface area contributed by atoms with E-state index in [1.54, 1.807) is 54.6 Å². The number of ether oxygens (including phenoxy) is 3. The average molecular weight is 508 g/mol. The third-order valence-electron chi connectivity index (χ3n) is 5.71. The van der Waals surface area contributed by atoms with Gasteiger partial charge in [-0.15, -0.1) is 0 Å². The highest BCUT2D eigenvalue weighted by Crippen LogP contribution is 2.43. The lowest BCUT2D eigenvalue weighted by Gasteiger charge is -2.33. The van der Waals surface area contributed by atoms with Crippen molar-refractivity contribution in [1.82, 2.24) is 9.55 Å². The average Bonchev–Trinajstić information content (AvgIpc) is 3.13. The fourth-order valence-electron chi connectivity index (χ4n) is 3.92. The standard InChI is InChI=1S/C24H24ClF2N3O5/c25-17-11-30(23(32)29-20(17)28)21-18(31)19(34-13-16-9-5-2-6-10-16)24(35-21,22(26)27)14-33-12-15-7-3-1-4-8-15/h1-11,18-19,21-22,31H,12-14H2,(H2,28,29,32)/t18-,19+,21-,24-/m1/s1. The molecule has 11 heteroatoms. The molecular weight excluding hydrogens is 484 g/mol. The Morgan fingerprint density at radius 1 is 1.11 bits per heavy atom. The maximum atomic E-state index is 14.7. The summed E-state index contributed by atoms with van der Waals surface area (Å²) in [5.41, 5.74) is 3.71. The van der Waals surface area contributed by atoms with E-state index >= 15 is 0 Å². The number of aliphatic hydroxyl groups excluding tert-OH is 1. The van der Waals surface area contributed by atoms with Crippen molar-refractivity contribution in [1.29, 1.82) is 0 Å². The summed E-state index contributed by atoms with van der Waals surface area (Å²) in [6.07, 6.45) is -6.84. The molecule has 0 bridgehead atoms. The summed E-state index contributed by atoms with van der Waals surface area (Å²) in [5, 5.41) is 11.0. The molecule has 3 aromatic rings. The van der Waals surface area contributed by atoms with Gasteiger partial charge in [0.2, 0.25) is 0 Å². The molecule has 1 aliphatic rings. The third kappa shape index (κ3) is 5.36. The Bertz CT molecular complexity index is 1180. The Hall–Kier alpha value is -2.89. The molecule has 186 valence electrons. The van der Waals surface area contributed by atoms with Crippen molar-refractivity contribution in [3.05, 3.63) is 93.5 Å². The van der Waals surface area contributed by atoms with Crippen molar-refractivity contribution in [2.75, 3.05) is 12.3 Å². The molecule has 1 aromatic heterocycles. The van der Waals surface area contributed by atoms with E-state index in [9.17, 15) is 18.7 Å². The largest absolute Gasteiger partial charge is 0.386 e. The van der Waals surface area contributed by atoms with Crippen molar-refractivity contribution in [2.45, 2.75) is 43.7 Å². The number of nitrogens with zero attached hydrogens (tertiary/aromatic N) is 2. The van der Waals surface area contributed by atoms with Crippen molar-refractivity contribution in [3.63, 3.8) is 0 Å². The molecule has 2 heterocycles. The minimum atomic E-state index is -3.13. The van der Waals surface area contributed by atoms with Crippen LogP contribution >= 0.6 is 11.6 Å². The van der Waals surface area contributed by atoms with Crippen LogP contribution in [-0.4, -0.2) is 45.5 Å². The molecule has 0 amide bonds. The van der Waals surface area contributed by atoms with Crippen molar-refractivity contribution >= 4 is 17.4 Å². The van der Waals surface area contributed by atoms with Crippen LogP contribution in [0, 0.1) is 0 Å². The summed E-state index contributed by atoms with van der Waals surface area (Å²) in [7, 11) is 0. The van der Waals surface area contributed by atoms with Gasteiger partial charge in [-0.05, 0) is 11.1 Å². The third-order valence-corrected chi connectivity index (χ3v) is 6.00. The lowest BCUT2D eigenvalue weighted by Crippen LogP contribution is -2.53. The number of aromatic nitrogens is 2. The number of anilines is 1. The van der Waals surface area contributed by atoms with Gasteiger partial charge in [0.15, 0.2) is 11.8 Å². The van der Waals surface area contributed by atoms with Crippen molar-refractivity contribution < 1.29 is 28.1 Å². The van der Waals surface area contributed by atoms with E-state index in [2.05, 4.69) is 4.98 Å². The first-order valence-electron chi connectivity index (χ1n) is 10.8. The zero-order valence-electron chi connectivity index (χ0n) is 18.5. The molecule has 0 radical (unpaired) electrons. The van der Waals surface area contributed by atoms with Crippen LogP contribution in [0.15, 0.2) is 71.7 Å². The Labute approximate surface area is 204 Å². The van der Waals surface area contributed by atoms with Crippen LogP contribution in [0.4, 0.5) is 14.6 Å². The highest BCUT2D eigenvalue weighted by Gasteiger charge is 2.62. The summed E-state index contributed by atoms with van der Waals surface area (Å²) in [5.74, 6) is -0.233. The van der Waals surface area contributed by atoms with E-state index in [4.69, 9.17) is 31.5 Å². The monoisotopic (exact) mass is 507 g/mol. The molecule has 0 aliphatic carbocycles. The first-order chi connectivity index (χ1) is 16.8. The molecule has 0 unspecified atom stereocenters. The van der Waals surface area contributed by atoms with E-state index in [1.165, 1.54) is 0 Å². The van der Waals surface area contributed by atoms with Gasteiger partial charge in [-0.25, -0.2) is 13.6 Å². The number of hydrogen-bond donors (Lipinski definition) is 2. The molecule has 2 aromatic carbocycles. The first-order valence-corrected chi connectivity index (χ1v) is 11.1. The smallest absolute Gasteiger partial charge is 0.351 e. The Kier molecular flexibility index (Phi) is 7.78. The molecule has 1 fully saturated rings. The maximum Gasteiger partial charge on any atom is 0.351 e. The van der Waals surface area contributed by atoms with Crippen LogP contribution < -0.4 is 11.4 Å². The lowest BCUT2D eigenvalue weighted by molar-refractivity contribution is -0.215. The Balaban J connectivity index is 1.65. The molecular formula is C24H24ClF2N3O5.